The van der Waals surface area contributed by atoms with Gasteiger partial charge in [-0.2, -0.15) is 0 Å². The SMILES string of the molecule is CC(C)C[N-]C(=O)COCCNC(=O)CC(C)C.[Rb+]. The van der Waals surface area contributed by atoms with Crippen LogP contribution in [0.3, 0.4) is 0 Å². The van der Waals surface area contributed by atoms with Crippen LogP contribution in [0.5, 0.6) is 0 Å². The monoisotopic (exact) mass is 342 g/mol. The van der Waals surface area contributed by atoms with Crippen LogP contribution >= 0.6 is 0 Å². The van der Waals surface area contributed by atoms with E-state index < -0.39 is 0 Å². The smallest absolute Gasteiger partial charge is 0.651 e. The maximum Gasteiger partial charge on any atom is 1.00 e. The molecule has 0 unspecified atom stereocenters. The van der Waals surface area contributed by atoms with E-state index in [1.807, 2.05) is 27.7 Å². The van der Waals surface area contributed by atoms with Gasteiger partial charge in [0.25, 0.3) is 0 Å². The Bertz CT molecular complexity index is 258. The van der Waals surface area contributed by atoms with Gasteiger partial charge >= 0.3 is 58.2 Å². The van der Waals surface area contributed by atoms with Gasteiger partial charge in [0.05, 0.1) is 19.1 Å². The number of nitrogens with zero attached hydrogens (tertiary/aromatic N) is 1. The van der Waals surface area contributed by atoms with Crippen LogP contribution in [-0.4, -0.2) is 38.1 Å². The molecule has 0 rings (SSSR count). The molecule has 0 bridgehead atoms. The molecule has 0 fully saturated rings. The second-order valence-electron chi connectivity index (χ2n) is 5.13. The average molecular weight is 343 g/mol. The molecule has 0 spiro atoms. The zero-order valence-electron chi connectivity index (χ0n) is 12.9. The maximum atomic E-state index is 11.3. The molecule has 0 atom stereocenters. The Hall–Kier alpha value is 0.705. The molecule has 0 aromatic rings. The Morgan fingerprint density at radius 1 is 1.16 bits per heavy atom. The first-order valence-electron chi connectivity index (χ1n) is 6.46. The Kier molecular flexibility index (Phi) is 15.8. The molecule has 0 heterocycles. The molecule has 0 aliphatic carbocycles. The standard InChI is InChI=1S/C13H26N2O3.Rb/c1-10(2)7-12(16)14-5-6-18-9-13(17)15-8-11(3)4;/h10-11H,5-9H2,1-4H3,(H2,14,15,16,17);/q;+1/p-1. The van der Waals surface area contributed by atoms with Crippen LogP contribution in [0.4, 0.5) is 0 Å². The van der Waals surface area contributed by atoms with E-state index in [-0.39, 0.29) is 76.6 Å². The molecule has 1 N–H and O–H groups in total. The maximum absolute atomic E-state index is 11.3. The molecule has 5 nitrogen and oxygen atoms in total. The molecular weight excluding hydrogens is 318 g/mol. The predicted octanol–water partition coefficient (Wildman–Crippen LogP) is -1.27. The summed E-state index contributed by atoms with van der Waals surface area (Å²) in [7, 11) is 0. The Morgan fingerprint density at radius 2 is 1.79 bits per heavy atom. The van der Waals surface area contributed by atoms with Crippen LogP contribution in [0.15, 0.2) is 0 Å². The summed E-state index contributed by atoms with van der Waals surface area (Å²) in [5, 5.41) is 6.58. The summed E-state index contributed by atoms with van der Waals surface area (Å²) < 4.78 is 5.13. The number of carbonyl (C=O) groups excluding carboxylic acids is 2. The van der Waals surface area contributed by atoms with E-state index in [9.17, 15) is 9.59 Å². The minimum Gasteiger partial charge on any atom is -0.651 e. The van der Waals surface area contributed by atoms with E-state index in [4.69, 9.17) is 4.74 Å². The summed E-state index contributed by atoms with van der Waals surface area (Å²) in [6.45, 7) is 9.29. The molecule has 0 aliphatic rings. The zero-order chi connectivity index (χ0) is 14.0. The van der Waals surface area contributed by atoms with Crippen molar-refractivity contribution < 1.29 is 72.5 Å². The Labute approximate surface area is 165 Å². The van der Waals surface area contributed by atoms with E-state index in [2.05, 4.69) is 10.6 Å². The second kappa shape index (κ2) is 13.7. The molecule has 2 amide bonds. The van der Waals surface area contributed by atoms with Crippen molar-refractivity contribution in [2.24, 2.45) is 11.8 Å². The third-order valence-corrected chi connectivity index (χ3v) is 2.02. The number of ether oxygens (including phenoxy) is 1. The number of amides is 2. The number of nitrogens with one attached hydrogen (secondary N) is 1. The normalized spacial score (nSPS) is 10.2. The molecular formula is C13H25N2O3Rb. The molecule has 0 aliphatic heterocycles. The van der Waals surface area contributed by atoms with Gasteiger partial charge in [0.15, 0.2) is 0 Å². The number of hydrogen-bond donors (Lipinski definition) is 1. The fourth-order valence-electron chi connectivity index (χ4n) is 1.20. The number of carbonyl (C=O) groups is 2. The molecule has 0 saturated heterocycles. The van der Waals surface area contributed by atoms with Gasteiger partial charge in [-0.25, -0.2) is 0 Å². The first-order chi connectivity index (χ1) is 8.41. The van der Waals surface area contributed by atoms with E-state index in [0.717, 1.165) is 0 Å². The average Bonchev–Trinajstić information content (AvgIpc) is 2.24. The third-order valence-electron chi connectivity index (χ3n) is 2.02. The van der Waals surface area contributed by atoms with Crippen LogP contribution in [0, 0.1) is 11.8 Å². The van der Waals surface area contributed by atoms with Crippen LogP contribution < -0.4 is 63.5 Å². The summed E-state index contributed by atoms with van der Waals surface area (Å²) in [6.07, 6.45) is 0.517. The topological polar surface area (TPSA) is 69.5 Å². The van der Waals surface area contributed by atoms with Gasteiger partial charge in [0.1, 0.15) is 0 Å². The van der Waals surface area contributed by atoms with Gasteiger partial charge in [0.2, 0.25) is 5.91 Å². The quantitative estimate of drug-likeness (QED) is 0.531. The predicted molar refractivity (Wildman–Crippen MR) is 71.4 cm³/mol. The fourth-order valence-corrected chi connectivity index (χ4v) is 1.20. The molecule has 106 valence electrons. The third kappa shape index (κ3) is 16.7. The van der Waals surface area contributed by atoms with Crippen molar-refractivity contribution in [2.45, 2.75) is 34.1 Å². The molecule has 6 heteroatoms. The zero-order valence-corrected chi connectivity index (χ0v) is 17.8. The molecule has 0 aromatic carbocycles. The van der Waals surface area contributed by atoms with E-state index >= 15 is 0 Å². The molecule has 0 radical (unpaired) electrons. The van der Waals surface area contributed by atoms with Crippen LogP contribution in [-0.2, 0) is 14.3 Å². The summed E-state index contributed by atoms with van der Waals surface area (Å²) in [5.74, 6) is 0.508. The van der Waals surface area contributed by atoms with Crippen molar-refractivity contribution in [3.63, 3.8) is 0 Å². The number of rotatable bonds is 9. The van der Waals surface area contributed by atoms with Crippen molar-refractivity contribution in [1.82, 2.24) is 5.32 Å². The van der Waals surface area contributed by atoms with Crippen LogP contribution in [0.1, 0.15) is 34.1 Å². The minimum atomic E-state index is -0.239. The van der Waals surface area contributed by atoms with Gasteiger partial charge in [-0.1, -0.05) is 33.6 Å². The van der Waals surface area contributed by atoms with Crippen LogP contribution in [0.2, 0.25) is 0 Å². The van der Waals surface area contributed by atoms with Crippen LogP contribution in [0.25, 0.3) is 5.32 Å². The van der Waals surface area contributed by atoms with Crippen molar-refractivity contribution in [2.75, 3.05) is 26.3 Å². The largest absolute Gasteiger partial charge is 1.00 e. The second-order valence-corrected chi connectivity index (χ2v) is 5.13. The summed E-state index contributed by atoms with van der Waals surface area (Å²) in [5.41, 5.74) is 0. The molecule has 0 saturated carbocycles. The van der Waals surface area contributed by atoms with Crippen molar-refractivity contribution in [1.29, 1.82) is 0 Å². The van der Waals surface area contributed by atoms with Gasteiger partial charge < -0.3 is 20.2 Å². The summed E-state index contributed by atoms with van der Waals surface area (Å²) in [6, 6.07) is 0. The van der Waals surface area contributed by atoms with Crippen molar-refractivity contribution in [3.8, 4) is 0 Å². The molecule has 19 heavy (non-hydrogen) atoms. The Morgan fingerprint density at radius 3 is 2.32 bits per heavy atom. The van der Waals surface area contributed by atoms with Gasteiger partial charge in [-0.05, 0) is 5.92 Å². The minimum absolute atomic E-state index is 0. The summed E-state index contributed by atoms with van der Waals surface area (Å²) >= 11 is 0. The Balaban J connectivity index is 0. The first kappa shape index (κ1) is 22.0. The van der Waals surface area contributed by atoms with Gasteiger partial charge in [-0.15, -0.1) is 6.54 Å². The first-order valence-corrected chi connectivity index (χ1v) is 6.46. The van der Waals surface area contributed by atoms with E-state index in [1.54, 1.807) is 0 Å². The van der Waals surface area contributed by atoms with Crippen molar-refractivity contribution >= 4 is 11.8 Å². The van der Waals surface area contributed by atoms with Gasteiger partial charge in [-0.3, -0.25) is 4.79 Å². The van der Waals surface area contributed by atoms with E-state index in [0.29, 0.717) is 38.0 Å². The molecule has 0 aromatic heterocycles. The number of hydrogen-bond acceptors (Lipinski definition) is 3. The van der Waals surface area contributed by atoms with Crippen molar-refractivity contribution in [3.05, 3.63) is 5.32 Å². The van der Waals surface area contributed by atoms with E-state index in [1.165, 1.54) is 0 Å². The fraction of sp³-hybridized carbons (Fsp3) is 0.846. The summed E-state index contributed by atoms with van der Waals surface area (Å²) in [4.78, 5) is 22.5. The van der Waals surface area contributed by atoms with Gasteiger partial charge in [0, 0.05) is 13.0 Å².